The second-order valence-corrected chi connectivity index (χ2v) is 5.12. The minimum absolute atomic E-state index is 0.0128. The van der Waals surface area contributed by atoms with Crippen molar-refractivity contribution >= 4 is 12.0 Å². The number of aliphatic imine (C=N–C) groups is 1. The van der Waals surface area contributed by atoms with E-state index in [1.54, 1.807) is 0 Å². The summed E-state index contributed by atoms with van der Waals surface area (Å²) >= 11 is 0. The second-order valence-electron chi connectivity index (χ2n) is 5.12. The van der Waals surface area contributed by atoms with Crippen molar-refractivity contribution in [1.29, 1.82) is 0 Å². The molecule has 0 radical (unpaired) electrons. The summed E-state index contributed by atoms with van der Waals surface area (Å²) in [5.41, 5.74) is -0.463. The first-order valence-corrected chi connectivity index (χ1v) is 5.85. The third kappa shape index (κ3) is 5.52. The number of ether oxygens (including phenoxy) is 1. The molecule has 0 spiro atoms. The maximum absolute atomic E-state index is 11.6. The molecule has 17 heavy (non-hydrogen) atoms. The molecular formula is C12H21N3O2. The predicted molar refractivity (Wildman–Crippen MR) is 67.2 cm³/mol. The fourth-order valence-electron chi connectivity index (χ4n) is 1.71. The van der Waals surface area contributed by atoms with Crippen LogP contribution in [0.5, 0.6) is 0 Å². The Kier molecular flexibility index (Phi) is 4.73. The average Bonchev–Trinajstić information content (AvgIpc) is 2.15. The normalized spacial score (nSPS) is 24.6. The van der Waals surface area contributed by atoms with Gasteiger partial charge in [-0.15, -0.1) is 0 Å². The molecule has 1 amide bonds. The van der Waals surface area contributed by atoms with Gasteiger partial charge in [0.25, 0.3) is 0 Å². The Morgan fingerprint density at radius 2 is 2.29 bits per heavy atom. The van der Waals surface area contributed by atoms with Gasteiger partial charge < -0.3 is 10.1 Å². The molecule has 1 fully saturated rings. The van der Waals surface area contributed by atoms with Crippen LogP contribution in [-0.2, 0) is 4.74 Å². The Morgan fingerprint density at radius 3 is 2.88 bits per heavy atom. The number of piperidine rings is 1. The number of nitrogens with zero attached hydrogens (tertiary/aromatic N) is 1. The molecule has 5 heteroatoms. The zero-order valence-corrected chi connectivity index (χ0v) is 10.7. The van der Waals surface area contributed by atoms with Gasteiger partial charge in [0.2, 0.25) is 0 Å². The minimum Gasteiger partial charge on any atom is -0.444 e. The number of carbonyl (C=O) groups is 1. The van der Waals surface area contributed by atoms with Crippen LogP contribution in [0.25, 0.3) is 0 Å². The number of alkyl carbamates (subject to hydrolysis) is 1. The van der Waals surface area contributed by atoms with Crippen molar-refractivity contribution in [3.63, 3.8) is 0 Å². The Hall–Kier alpha value is -1.32. The lowest BCUT2D eigenvalue weighted by atomic mass is 10.0. The zero-order chi connectivity index (χ0) is 12.9. The van der Waals surface area contributed by atoms with E-state index < -0.39 is 5.60 Å². The number of amides is 1. The molecule has 96 valence electrons. The Bertz CT molecular complexity index is 316. The molecule has 1 aliphatic heterocycles. The van der Waals surface area contributed by atoms with E-state index in [-0.39, 0.29) is 18.3 Å². The van der Waals surface area contributed by atoms with Crippen LogP contribution in [0.3, 0.4) is 0 Å². The second kappa shape index (κ2) is 5.84. The maximum Gasteiger partial charge on any atom is 0.407 e. The molecule has 2 N–H and O–H groups in total. The van der Waals surface area contributed by atoms with E-state index in [1.807, 2.05) is 20.8 Å². The van der Waals surface area contributed by atoms with Crippen molar-refractivity contribution in [3.05, 3.63) is 6.58 Å². The molecule has 1 saturated heterocycles. The van der Waals surface area contributed by atoms with Gasteiger partial charge >= 0.3 is 6.09 Å². The predicted octanol–water partition coefficient (Wildman–Crippen LogP) is 1.44. The lowest BCUT2D eigenvalue weighted by molar-refractivity contribution is 0.0491. The standard InChI is InChI=1S/C12H21N3O2/c1-5-13-10-8-9(6-7-14-10)15-11(16)17-12(2,3)4/h9-10,14H,1,6-8H2,2-4H3,(H,15,16). The molecule has 0 aromatic heterocycles. The molecule has 0 aliphatic carbocycles. The first-order valence-electron chi connectivity index (χ1n) is 5.85. The van der Waals surface area contributed by atoms with Gasteiger partial charge in [-0.25, -0.2) is 9.79 Å². The molecule has 2 unspecified atom stereocenters. The van der Waals surface area contributed by atoms with Crippen molar-refractivity contribution in [2.24, 2.45) is 4.99 Å². The third-order valence-electron chi connectivity index (χ3n) is 2.35. The molecule has 1 aliphatic rings. The first-order chi connectivity index (χ1) is 7.90. The van der Waals surface area contributed by atoms with Gasteiger partial charge in [-0.1, -0.05) is 0 Å². The van der Waals surface area contributed by atoms with Crippen molar-refractivity contribution < 1.29 is 9.53 Å². The summed E-state index contributed by atoms with van der Waals surface area (Å²) in [6, 6.07) is 0.0909. The van der Waals surface area contributed by atoms with Gasteiger partial charge in [0, 0.05) is 12.5 Å². The van der Waals surface area contributed by atoms with Crippen molar-refractivity contribution in [1.82, 2.24) is 10.6 Å². The minimum atomic E-state index is -0.463. The topological polar surface area (TPSA) is 62.7 Å². The summed E-state index contributed by atoms with van der Waals surface area (Å²) in [6.45, 7) is 9.80. The van der Waals surface area contributed by atoms with E-state index in [9.17, 15) is 4.79 Å². The SMILES string of the molecule is C=C=NC1CC(NC(=O)OC(C)(C)C)CCN1. The highest BCUT2D eigenvalue weighted by atomic mass is 16.6. The van der Waals surface area contributed by atoms with Crippen LogP contribution in [0.1, 0.15) is 33.6 Å². The van der Waals surface area contributed by atoms with Gasteiger partial charge in [0.15, 0.2) is 0 Å². The van der Waals surface area contributed by atoms with Crippen LogP contribution in [-0.4, -0.2) is 36.3 Å². The van der Waals surface area contributed by atoms with E-state index in [2.05, 4.69) is 28.1 Å². The number of hydrogen-bond donors (Lipinski definition) is 2. The summed E-state index contributed by atoms with van der Waals surface area (Å²) in [5.74, 6) is 2.52. The van der Waals surface area contributed by atoms with Gasteiger partial charge in [-0.05, 0) is 46.2 Å². The highest BCUT2D eigenvalue weighted by Gasteiger charge is 2.24. The average molecular weight is 239 g/mol. The number of rotatable bonds is 2. The van der Waals surface area contributed by atoms with E-state index in [0.717, 1.165) is 19.4 Å². The van der Waals surface area contributed by atoms with E-state index in [0.29, 0.717) is 0 Å². The molecule has 0 bridgehead atoms. The lowest BCUT2D eigenvalue weighted by Gasteiger charge is -2.29. The van der Waals surface area contributed by atoms with E-state index in [1.165, 1.54) is 0 Å². The largest absolute Gasteiger partial charge is 0.444 e. The summed E-state index contributed by atoms with van der Waals surface area (Å²) in [6.07, 6.45) is 1.23. The number of nitrogens with one attached hydrogen (secondary N) is 2. The fourth-order valence-corrected chi connectivity index (χ4v) is 1.71. The molecule has 1 rings (SSSR count). The van der Waals surface area contributed by atoms with Gasteiger partial charge in [0.1, 0.15) is 11.8 Å². The molecule has 1 heterocycles. The van der Waals surface area contributed by atoms with E-state index >= 15 is 0 Å². The highest BCUT2D eigenvalue weighted by molar-refractivity contribution is 5.68. The first kappa shape index (κ1) is 13.7. The Balaban J connectivity index is 2.41. The molecule has 2 atom stereocenters. The zero-order valence-electron chi connectivity index (χ0n) is 10.7. The van der Waals surface area contributed by atoms with Gasteiger partial charge in [0.05, 0.1) is 0 Å². The van der Waals surface area contributed by atoms with Crippen LogP contribution < -0.4 is 10.6 Å². The molecule has 0 aromatic carbocycles. The van der Waals surface area contributed by atoms with Crippen LogP contribution >= 0.6 is 0 Å². The summed E-state index contributed by atoms with van der Waals surface area (Å²) < 4.78 is 5.21. The summed E-state index contributed by atoms with van der Waals surface area (Å²) in [7, 11) is 0. The quantitative estimate of drug-likeness (QED) is 0.717. The number of hydrogen-bond acceptors (Lipinski definition) is 4. The fraction of sp³-hybridized carbons (Fsp3) is 0.750. The van der Waals surface area contributed by atoms with Crippen molar-refractivity contribution in [2.75, 3.05) is 6.54 Å². The molecule has 5 nitrogen and oxygen atoms in total. The smallest absolute Gasteiger partial charge is 0.407 e. The molecular weight excluding hydrogens is 218 g/mol. The van der Waals surface area contributed by atoms with Crippen LogP contribution in [0.2, 0.25) is 0 Å². The van der Waals surface area contributed by atoms with E-state index in [4.69, 9.17) is 4.74 Å². The third-order valence-corrected chi connectivity index (χ3v) is 2.35. The summed E-state index contributed by atoms with van der Waals surface area (Å²) in [4.78, 5) is 15.6. The highest BCUT2D eigenvalue weighted by Crippen LogP contribution is 2.11. The van der Waals surface area contributed by atoms with Gasteiger partial charge in [-0.2, -0.15) is 0 Å². The van der Waals surface area contributed by atoms with Gasteiger partial charge in [-0.3, -0.25) is 5.32 Å². The monoisotopic (exact) mass is 239 g/mol. The van der Waals surface area contributed by atoms with Crippen LogP contribution in [0.4, 0.5) is 4.79 Å². The lowest BCUT2D eigenvalue weighted by Crippen LogP contribution is -2.48. The maximum atomic E-state index is 11.6. The summed E-state index contributed by atoms with van der Waals surface area (Å²) in [5, 5.41) is 6.06. The van der Waals surface area contributed by atoms with Crippen LogP contribution in [0, 0.1) is 0 Å². The Morgan fingerprint density at radius 1 is 1.59 bits per heavy atom. The van der Waals surface area contributed by atoms with Crippen molar-refractivity contribution in [3.8, 4) is 0 Å². The van der Waals surface area contributed by atoms with Crippen molar-refractivity contribution in [2.45, 2.75) is 51.4 Å². The van der Waals surface area contributed by atoms with Crippen LogP contribution in [0.15, 0.2) is 11.6 Å². The Labute approximate surface area is 102 Å². The molecule has 0 saturated carbocycles. The molecule has 0 aromatic rings. The number of carbonyl (C=O) groups excluding carboxylic acids is 1.